The topological polar surface area (TPSA) is 67.9 Å². The third-order valence-electron chi connectivity index (χ3n) is 4.08. The van der Waals surface area contributed by atoms with Gasteiger partial charge in [-0.3, -0.25) is 4.79 Å². The van der Waals surface area contributed by atoms with E-state index in [1.165, 1.54) is 0 Å². The van der Waals surface area contributed by atoms with Gasteiger partial charge in [0.05, 0.1) is 18.6 Å². The van der Waals surface area contributed by atoms with Crippen LogP contribution in [0.1, 0.15) is 39.2 Å². The van der Waals surface area contributed by atoms with Gasteiger partial charge in [-0.25, -0.2) is 4.79 Å². The number of nitrogens with one attached hydrogen (secondary N) is 1. The Labute approximate surface area is 149 Å². The molecule has 1 aromatic rings. The SMILES string of the molecule is CCOC(=O)N1CCCC(C(=O)NCc2ccc(OC(C)C)cc2)C1. The van der Waals surface area contributed by atoms with Crippen molar-refractivity contribution in [2.24, 2.45) is 5.92 Å². The highest BCUT2D eigenvalue weighted by Crippen LogP contribution is 2.18. The number of rotatable bonds is 6. The van der Waals surface area contributed by atoms with Gasteiger partial charge in [-0.15, -0.1) is 0 Å². The summed E-state index contributed by atoms with van der Waals surface area (Å²) in [5.41, 5.74) is 1.02. The molecule has 1 aromatic carbocycles. The van der Waals surface area contributed by atoms with E-state index in [9.17, 15) is 9.59 Å². The maximum atomic E-state index is 12.4. The van der Waals surface area contributed by atoms with Crippen LogP contribution in [0, 0.1) is 5.92 Å². The summed E-state index contributed by atoms with van der Waals surface area (Å²) in [6.45, 7) is 7.64. The van der Waals surface area contributed by atoms with Crippen molar-refractivity contribution in [3.8, 4) is 5.75 Å². The van der Waals surface area contributed by atoms with Gasteiger partial charge in [0.1, 0.15) is 5.75 Å². The number of benzene rings is 1. The Morgan fingerprint density at radius 1 is 1.28 bits per heavy atom. The lowest BCUT2D eigenvalue weighted by atomic mass is 9.97. The van der Waals surface area contributed by atoms with E-state index in [1.807, 2.05) is 38.1 Å². The van der Waals surface area contributed by atoms with Gasteiger partial charge in [-0.1, -0.05) is 12.1 Å². The smallest absolute Gasteiger partial charge is 0.409 e. The maximum absolute atomic E-state index is 12.4. The molecule has 0 aliphatic carbocycles. The Morgan fingerprint density at radius 2 is 2.00 bits per heavy atom. The molecule has 1 fully saturated rings. The van der Waals surface area contributed by atoms with Crippen LogP contribution >= 0.6 is 0 Å². The van der Waals surface area contributed by atoms with Gasteiger partial charge < -0.3 is 19.7 Å². The van der Waals surface area contributed by atoms with Gasteiger partial charge in [0.2, 0.25) is 5.91 Å². The van der Waals surface area contributed by atoms with E-state index >= 15 is 0 Å². The van der Waals surface area contributed by atoms with Crippen LogP contribution in [0.25, 0.3) is 0 Å². The number of amides is 2. The molecule has 1 saturated heterocycles. The zero-order valence-corrected chi connectivity index (χ0v) is 15.3. The average molecular weight is 348 g/mol. The van der Waals surface area contributed by atoms with E-state index in [2.05, 4.69) is 5.32 Å². The standard InChI is InChI=1S/C19H28N2O4/c1-4-24-19(23)21-11-5-6-16(13-21)18(22)20-12-15-7-9-17(10-8-15)25-14(2)3/h7-10,14,16H,4-6,11-13H2,1-3H3,(H,20,22). The zero-order chi connectivity index (χ0) is 18.2. The molecular weight excluding hydrogens is 320 g/mol. The van der Waals surface area contributed by atoms with Crippen LogP contribution in [0.15, 0.2) is 24.3 Å². The summed E-state index contributed by atoms with van der Waals surface area (Å²) in [4.78, 5) is 25.8. The van der Waals surface area contributed by atoms with Gasteiger partial charge in [-0.05, 0) is 51.3 Å². The second-order valence-electron chi connectivity index (χ2n) is 6.51. The molecule has 1 heterocycles. The van der Waals surface area contributed by atoms with Crippen LogP contribution in [0.5, 0.6) is 5.75 Å². The molecule has 0 saturated carbocycles. The van der Waals surface area contributed by atoms with E-state index in [0.29, 0.717) is 26.2 Å². The van der Waals surface area contributed by atoms with Crippen molar-refractivity contribution in [2.75, 3.05) is 19.7 Å². The van der Waals surface area contributed by atoms with Crippen LogP contribution in [0.2, 0.25) is 0 Å². The highest BCUT2D eigenvalue weighted by molar-refractivity contribution is 5.80. The summed E-state index contributed by atoms with van der Waals surface area (Å²) in [5.74, 6) is 0.626. The summed E-state index contributed by atoms with van der Waals surface area (Å²) < 4.78 is 10.6. The number of likely N-dealkylation sites (tertiary alicyclic amines) is 1. The molecule has 1 atom stereocenters. The van der Waals surface area contributed by atoms with Gasteiger partial charge >= 0.3 is 6.09 Å². The summed E-state index contributed by atoms with van der Waals surface area (Å²) >= 11 is 0. The van der Waals surface area contributed by atoms with Gasteiger partial charge in [0, 0.05) is 19.6 Å². The minimum Gasteiger partial charge on any atom is -0.491 e. The Bertz CT molecular complexity index is 571. The first-order valence-electron chi connectivity index (χ1n) is 8.94. The molecular formula is C19H28N2O4. The normalized spacial score (nSPS) is 17.3. The van der Waals surface area contributed by atoms with Gasteiger partial charge in [0.25, 0.3) is 0 Å². The lowest BCUT2D eigenvalue weighted by Gasteiger charge is -2.31. The summed E-state index contributed by atoms with van der Waals surface area (Å²) in [6, 6.07) is 7.71. The quantitative estimate of drug-likeness (QED) is 0.858. The van der Waals surface area contributed by atoms with E-state index in [4.69, 9.17) is 9.47 Å². The van der Waals surface area contributed by atoms with Crippen molar-refractivity contribution in [3.63, 3.8) is 0 Å². The largest absolute Gasteiger partial charge is 0.491 e. The third-order valence-corrected chi connectivity index (χ3v) is 4.08. The van der Waals surface area contributed by atoms with E-state index in [-0.39, 0.29) is 24.0 Å². The number of carbonyl (C=O) groups excluding carboxylic acids is 2. The van der Waals surface area contributed by atoms with E-state index < -0.39 is 0 Å². The Hall–Kier alpha value is -2.24. The van der Waals surface area contributed by atoms with Crippen molar-refractivity contribution in [3.05, 3.63) is 29.8 Å². The zero-order valence-electron chi connectivity index (χ0n) is 15.3. The van der Waals surface area contributed by atoms with Gasteiger partial charge in [-0.2, -0.15) is 0 Å². The van der Waals surface area contributed by atoms with Crippen LogP contribution < -0.4 is 10.1 Å². The molecule has 1 aliphatic rings. The molecule has 0 bridgehead atoms. The third kappa shape index (κ3) is 5.96. The minimum atomic E-state index is -0.333. The number of nitrogens with zero attached hydrogens (tertiary/aromatic N) is 1. The van der Waals surface area contributed by atoms with Crippen molar-refractivity contribution < 1.29 is 19.1 Å². The molecule has 1 unspecified atom stereocenters. The fourth-order valence-electron chi connectivity index (χ4n) is 2.86. The average Bonchev–Trinajstić information content (AvgIpc) is 2.60. The molecule has 0 aromatic heterocycles. The lowest BCUT2D eigenvalue weighted by Crippen LogP contribution is -2.45. The summed E-state index contributed by atoms with van der Waals surface area (Å²) in [7, 11) is 0. The predicted octanol–water partition coefficient (Wildman–Crippen LogP) is 2.96. The molecule has 1 N–H and O–H groups in total. The number of ether oxygens (including phenoxy) is 2. The molecule has 0 radical (unpaired) electrons. The predicted molar refractivity (Wildman–Crippen MR) is 95.4 cm³/mol. The molecule has 25 heavy (non-hydrogen) atoms. The highest BCUT2D eigenvalue weighted by Gasteiger charge is 2.28. The molecule has 138 valence electrons. The fraction of sp³-hybridized carbons (Fsp3) is 0.579. The summed E-state index contributed by atoms with van der Waals surface area (Å²) in [6.07, 6.45) is 1.42. The summed E-state index contributed by atoms with van der Waals surface area (Å²) in [5, 5.41) is 2.96. The Balaban J connectivity index is 1.82. The van der Waals surface area contributed by atoms with Crippen molar-refractivity contribution >= 4 is 12.0 Å². The van der Waals surface area contributed by atoms with E-state index in [1.54, 1.807) is 11.8 Å². The molecule has 2 amide bonds. The second kappa shape index (κ2) is 9.30. The fourth-order valence-corrected chi connectivity index (χ4v) is 2.86. The number of hydrogen-bond acceptors (Lipinski definition) is 4. The van der Waals surface area contributed by atoms with E-state index in [0.717, 1.165) is 24.2 Å². The first kappa shape index (κ1) is 19.1. The Kier molecular flexibility index (Phi) is 7.10. The van der Waals surface area contributed by atoms with Crippen LogP contribution in [0.3, 0.4) is 0 Å². The molecule has 0 spiro atoms. The maximum Gasteiger partial charge on any atom is 0.409 e. The number of piperidine rings is 1. The molecule has 2 rings (SSSR count). The van der Waals surface area contributed by atoms with Crippen molar-refractivity contribution in [2.45, 2.75) is 46.3 Å². The highest BCUT2D eigenvalue weighted by atomic mass is 16.6. The van der Waals surface area contributed by atoms with Crippen molar-refractivity contribution in [1.29, 1.82) is 0 Å². The first-order valence-corrected chi connectivity index (χ1v) is 8.94. The molecule has 6 heteroatoms. The monoisotopic (exact) mass is 348 g/mol. The van der Waals surface area contributed by atoms with Crippen LogP contribution in [-0.4, -0.2) is 42.7 Å². The van der Waals surface area contributed by atoms with Crippen LogP contribution in [0.4, 0.5) is 4.79 Å². The molecule has 1 aliphatic heterocycles. The number of carbonyl (C=O) groups is 2. The Morgan fingerprint density at radius 3 is 2.64 bits per heavy atom. The second-order valence-corrected chi connectivity index (χ2v) is 6.51. The first-order chi connectivity index (χ1) is 12.0. The lowest BCUT2D eigenvalue weighted by molar-refractivity contribution is -0.126. The number of hydrogen-bond donors (Lipinski definition) is 1. The van der Waals surface area contributed by atoms with Gasteiger partial charge in [0.15, 0.2) is 0 Å². The van der Waals surface area contributed by atoms with Crippen LogP contribution in [-0.2, 0) is 16.1 Å². The van der Waals surface area contributed by atoms with Crippen molar-refractivity contribution in [1.82, 2.24) is 10.2 Å². The minimum absolute atomic E-state index is 0.0171. The molecule has 6 nitrogen and oxygen atoms in total.